The third-order valence-corrected chi connectivity index (χ3v) is 2.31. The average molecular weight is 215 g/mol. The van der Waals surface area contributed by atoms with Gasteiger partial charge in [0.2, 0.25) is 5.91 Å². The first-order valence-corrected chi connectivity index (χ1v) is 5.79. The van der Waals surface area contributed by atoms with Gasteiger partial charge < -0.3 is 10.0 Å². The molecule has 0 aromatic heterocycles. The smallest absolute Gasteiger partial charge is 0.222 e. The second-order valence-corrected chi connectivity index (χ2v) is 5.17. The van der Waals surface area contributed by atoms with E-state index in [0.717, 1.165) is 19.4 Å². The highest BCUT2D eigenvalue weighted by molar-refractivity contribution is 5.76. The van der Waals surface area contributed by atoms with Crippen LogP contribution in [0.5, 0.6) is 0 Å². The van der Waals surface area contributed by atoms with E-state index in [1.165, 1.54) is 0 Å². The van der Waals surface area contributed by atoms with Gasteiger partial charge in [0, 0.05) is 19.5 Å². The van der Waals surface area contributed by atoms with E-state index in [4.69, 9.17) is 5.11 Å². The molecule has 0 atom stereocenters. The van der Waals surface area contributed by atoms with Crippen LogP contribution in [0.4, 0.5) is 0 Å². The first kappa shape index (κ1) is 14.4. The molecule has 0 rings (SSSR count). The van der Waals surface area contributed by atoms with Gasteiger partial charge in [-0.3, -0.25) is 4.79 Å². The molecule has 0 radical (unpaired) electrons. The molecular weight excluding hydrogens is 190 g/mol. The van der Waals surface area contributed by atoms with Gasteiger partial charge in [-0.2, -0.15) is 0 Å². The second-order valence-electron chi connectivity index (χ2n) is 5.17. The lowest BCUT2D eigenvalue weighted by Crippen LogP contribution is -2.34. The fourth-order valence-corrected chi connectivity index (χ4v) is 1.39. The normalized spacial score (nSPS) is 11.5. The van der Waals surface area contributed by atoms with Crippen molar-refractivity contribution in [2.24, 2.45) is 5.41 Å². The van der Waals surface area contributed by atoms with E-state index in [-0.39, 0.29) is 17.9 Å². The molecule has 0 spiro atoms. The highest BCUT2D eigenvalue weighted by Gasteiger charge is 2.16. The zero-order valence-corrected chi connectivity index (χ0v) is 10.5. The summed E-state index contributed by atoms with van der Waals surface area (Å²) in [5, 5.41) is 8.85. The van der Waals surface area contributed by atoms with Crippen molar-refractivity contribution in [1.82, 2.24) is 4.90 Å². The number of amides is 1. The third-order valence-electron chi connectivity index (χ3n) is 2.31. The Labute approximate surface area is 93.5 Å². The highest BCUT2D eigenvalue weighted by atomic mass is 16.3. The molecule has 0 aromatic carbocycles. The number of carbonyl (C=O) groups is 1. The Morgan fingerprint density at radius 1 is 1.27 bits per heavy atom. The number of hydrogen-bond donors (Lipinski definition) is 1. The van der Waals surface area contributed by atoms with Gasteiger partial charge in [0.05, 0.1) is 6.61 Å². The molecule has 0 fully saturated rings. The van der Waals surface area contributed by atoms with Crippen LogP contribution in [-0.4, -0.2) is 35.6 Å². The fourth-order valence-electron chi connectivity index (χ4n) is 1.39. The van der Waals surface area contributed by atoms with Crippen LogP contribution in [0.1, 0.15) is 47.0 Å². The number of hydrogen-bond acceptors (Lipinski definition) is 2. The van der Waals surface area contributed by atoms with Crippen molar-refractivity contribution in [2.45, 2.75) is 47.0 Å². The molecule has 15 heavy (non-hydrogen) atoms. The Morgan fingerprint density at radius 3 is 2.27 bits per heavy atom. The molecule has 0 saturated heterocycles. The molecule has 0 saturated carbocycles. The summed E-state index contributed by atoms with van der Waals surface area (Å²) in [6.07, 6.45) is 2.43. The predicted octanol–water partition coefficient (Wildman–Crippen LogP) is 2.04. The van der Waals surface area contributed by atoms with Gasteiger partial charge in [-0.25, -0.2) is 0 Å². The van der Waals surface area contributed by atoms with Crippen molar-refractivity contribution >= 4 is 5.91 Å². The van der Waals surface area contributed by atoms with Crippen molar-refractivity contribution in [3.05, 3.63) is 0 Å². The maximum Gasteiger partial charge on any atom is 0.222 e. The lowest BCUT2D eigenvalue weighted by Gasteiger charge is -2.23. The van der Waals surface area contributed by atoms with Gasteiger partial charge in [-0.15, -0.1) is 0 Å². The number of nitrogens with zero attached hydrogens (tertiary/aromatic N) is 1. The first-order chi connectivity index (χ1) is 6.90. The van der Waals surface area contributed by atoms with Crippen LogP contribution < -0.4 is 0 Å². The minimum Gasteiger partial charge on any atom is -0.395 e. The quantitative estimate of drug-likeness (QED) is 0.736. The molecule has 0 aliphatic carbocycles. The van der Waals surface area contributed by atoms with Gasteiger partial charge in [0.15, 0.2) is 0 Å². The average Bonchev–Trinajstić information content (AvgIpc) is 2.13. The van der Waals surface area contributed by atoms with E-state index < -0.39 is 0 Å². The Hall–Kier alpha value is -0.570. The minimum atomic E-state index is 0.0568. The SMILES string of the molecule is CCCN(CCO)C(=O)CCC(C)(C)C. The van der Waals surface area contributed by atoms with Gasteiger partial charge in [-0.05, 0) is 18.3 Å². The molecule has 1 amide bonds. The maximum absolute atomic E-state index is 11.8. The number of aliphatic hydroxyl groups excluding tert-OH is 1. The fraction of sp³-hybridized carbons (Fsp3) is 0.917. The van der Waals surface area contributed by atoms with Crippen molar-refractivity contribution in [2.75, 3.05) is 19.7 Å². The summed E-state index contributed by atoms with van der Waals surface area (Å²) < 4.78 is 0. The van der Waals surface area contributed by atoms with Crippen molar-refractivity contribution in [3.63, 3.8) is 0 Å². The molecule has 0 aromatic rings. The summed E-state index contributed by atoms with van der Waals surface area (Å²) in [5.74, 6) is 0.167. The summed E-state index contributed by atoms with van der Waals surface area (Å²) in [6, 6.07) is 0. The molecule has 3 heteroatoms. The summed E-state index contributed by atoms with van der Waals surface area (Å²) >= 11 is 0. The standard InChI is InChI=1S/C12H25NO2/c1-5-8-13(9-10-14)11(15)6-7-12(2,3)4/h14H,5-10H2,1-4H3. The van der Waals surface area contributed by atoms with E-state index in [0.29, 0.717) is 13.0 Å². The molecule has 1 N–H and O–H groups in total. The predicted molar refractivity (Wildman–Crippen MR) is 62.6 cm³/mol. The van der Waals surface area contributed by atoms with Crippen LogP contribution >= 0.6 is 0 Å². The third kappa shape index (κ3) is 7.37. The van der Waals surface area contributed by atoms with Gasteiger partial charge in [0.1, 0.15) is 0 Å². The monoisotopic (exact) mass is 215 g/mol. The minimum absolute atomic E-state index is 0.0568. The number of carbonyl (C=O) groups excluding carboxylic acids is 1. The molecule has 0 heterocycles. The maximum atomic E-state index is 11.8. The van der Waals surface area contributed by atoms with Crippen LogP contribution in [0.2, 0.25) is 0 Å². The van der Waals surface area contributed by atoms with Crippen LogP contribution in [-0.2, 0) is 4.79 Å². The zero-order valence-electron chi connectivity index (χ0n) is 10.5. The molecule has 90 valence electrons. The van der Waals surface area contributed by atoms with Gasteiger partial charge >= 0.3 is 0 Å². The lowest BCUT2D eigenvalue weighted by atomic mass is 9.90. The molecule has 0 bridgehead atoms. The largest absolute Gasteiger partial charge is 0.395 e. The molecule has 0 unspecified atom stereocenters. The van der Waals surface area contributed by atoms with Crippen LogP contribution in [0.3, 0.4) is 0 Å². The first-order valence-electron chi connectivity index (χ1n) is 5.79. The van der Waals surface area contributed by atoms with Gasteiger partial charge in [0.25, 0.3) is 0 Å². The molecule has 3 nitrogen and oxygen atoms in total. The summed E-state index contributed by atoms with van der Waals surface area (Å²) in [7, 11) is 0. The second kappa shape index (κ2) is 6.83. The molecule has 0 aliphatic rings. The Balaban J connectivity index is 4.02. The van der Waals surface area contributed by atoms with Crippen molar-refractivity contribution < 1.29 is 9.90 Å². The van der Waals surface area contributed by atoms with E-state index in [1.807, 2.05) is 6.92 Å². The topological polar surface area (TPSA) is 40.5 Å². The van der Waals surface area contributed by atoms with E-state index in [2.05, 4.69) is 20.8 Å². The molecular formula is C12H25NO2. The van der Waals surface area contributed by atoms with Crippen molar-refractivity contribution in [1.29, 1.82) is 0 Å². The van der Waals surface area contributed by atoms with Crippen LogP contribution in [0.15, 0.2) is 0 Å². The summed E-state index contributed by atoms with van der Waals surface area (Å²) in [6.45, 7) is 9.73. The van der Waals surface area contributed by atoms with Crippen LogP contribution in [0.25, 0.3) is 0 Å². The molecule has 0 aliphatic heterocycles. The van der Waals surface area contributed by atoms with E-state index >= 15 is 0 Å². The van der Waals surface area contributed by atoms with E-state index in [9.17, 15) is 4.79 Å². The number of aliphatic hydroxyl groups is 1. The van der Waals surface area contributed by atoms with Gasteiger partial charge in [-0.1, -0.05) is 27.7 Å². The lowest BCUT2D eigenvalue weighted by molar-refractivity contribution is -0.132. The van der Waals surface area contributed by atoms with Crippen LogP contribution in [0, 0.1) is 5.41 Å². The Kier molecular flexibility index (Phi) is 6.57. The zero-order chi connectivity index (χ0) is 11.9. The Morgan fingerprint density at radius 2 is 1.87 bits per heavy atom. The van der Waals surface area contributed by atoms with E-state index in [1.54, 1.807) is 4.90 Å². The summed E-state index contributed by atoms with van der Waals surface area (Å²) in [5.41, 5.74) is 0.201. The highest BCUT2D eigenvalue weighted by Crippen LogP contribution is 2.21. The van der Waals surface area contributed by atoms with Crippen molar-refractivity contribution in [3.8, 4) is 0 Å². The Bertz CT molecular complexity index is 179. The summed E-state index contributed by atoms with van der Waals surface area (Å²) in [4.78, 5) is 13.5. The number of rotatable bonds is 6.